The zero-order chi connectivity index (χ0) is 10.7. The number of rotatable bonds is 4. The smallest absolute Gasteiger partial charge is 0.232 e. The summed E-state index contributed by atoms with van der Waals surface area (Å²) in [4.78, 5) is 13.5. The van der Waals surface area contributed by atoms with Crippen LogP contribution in [0.15, 0.2) is 0 Å². The van der Waals surface area contributed by atoms with Crippen LogP contribution in [0.25, 0.3) is 0 Å². The molecule has 1 N–H and O–H groups in total. The maximum atomic E-state index is 11.7. The highest BCUT2D eigenvalue weighted by Crippen LogP contribution is 2.29. The minimum Gasteiger partial charge on any atom is -0.396 e. The average Bonchev–Trinajstić information content (AvgIpc) is 2.65. The summed E-state index contributed by atoms with van der Waals surface area (Å²) in [6.07, 6.45) is 5.25. The molecule has 1 aliphatic carbocycles. The van der Waals surface area contributed by atoms with Gasteiger partial charge in [-0.2, -0.15) is 0 Å². The first-order chi connectivity index (χ1) is 7.29. The number of nitrogens with zero attached hydrogens (tertiary/aromatic N) is 1. The van der Waals surface area contributed by atoms with Gasteiger partial charge in [-0.3, -0.25) is 4.79 Å². The molecule has 0 atom stereocenters. The summed E-state index contributed by atoms with van der Waals surface area (Å²) in [6, 6.07) is 0. The lowest BCUT2D eigenvalue weighted by molar-refractivity contribution is -0.135. The summed E-state index contributed by atoms with van der Waals surface area (Å²) in [5.41, 5.74) is 0. The standard InChI is InChI=1S/C11H19NO2S/c13-7-9-5-12(6-9)11(14)8-15-10-3-1-2-4-10/h9-10,13H,1-8H2. The van der Waals surface area contributed by atoms with E-state index >= 15 is 0 Å². The maximum Gasteiger partial charge on any atom is 0.232 e. The Bertz CT molecular complexity index is 223. The zero-order valence-corrected chi connectivity index (χ0v) is 9.84. The Kier molecular flexibility index (Phi) is 3.92. The van der Waals surface area contributed by atoms with Crippen molar-refractivity contribution in [2.45, 2.75) is 30.9 Å². The van der Waals surface area contributed by atoms with Gasteiger partial charge >= 0.3 is 0 Å². The van der Waals surface area contributed by atoms with Crippen LogP contribution in [0, 0.1) is 5.92 Å². The highest BCUT2D eigenvalue weighted by atomic mass is 32.2. The van der Waals surface area contributed by atoms with Gasteiger partial charge in [0, 0.05) is 30.9 Å². The molecule has 86 valence electrons. The Labute approximate surface area is 95.2 Å². The summed E-state index contributed by atoms with van der Waals surface area (Å²) < 4.78 is 0. The van der Waals surface area contributed by atoms with Crippen LogP contribution in [0.1, 0.15) is 25.7 Å². The number of carbonyl (C=O) groups excluding carboxylic acids is 1. The number of likely N-dealkylation sites (tertiary alicyclic amines) is 1. The largest absolute Gasteiger partial charge is 0.396 e. The topological polar surface area (TPSA) is 40.5 Å². The first kappa shape index (κ1) is 11.3. The van der Waals surface area contributed by atoms with Gasteiger partial charge in [0.25, 0.3) is 0 Å². The van der Waals surface area contributed by atoms with E-state index in [1.807, 2.05) is 16.7 Å². The molecule has 0 aromatic rings. The molecular weight excluding hydrogens is 210 g/mol. The predicted octanol–water partition coefficient (Wildman–Crippen LogP) is 1.11. The highest BCUT2D eigenvalue weighted by Gasteiger charge is 2.30. The fraction of sp³-hybridized carbons (Fsp3) is 0.909. The second-order valence-corrected chi connectivity index (χ2v) is 5.85. The molecule has 2 rings (SSSR count). The van der Waals surface area contributed by atoms with Crippen molar-refractivity contribution in [1.29, 1.82) is 0 Å². The molecule has 3 nitrogen and oxygen atoms in total. The lowest BCUT2D eigenvalue weighted by Gasteiger charge is -2.38. The van der Waals surface area contributed by atoms with E-state index in [4.69, 9.17) is 5.11 Å². The Hall–Kier alpha value is -0.220. The van der Waals surface area contributed by atoms with Crippen molar-refractivity contribution in [2.24, 2.45) is 5.92 Å². The molecule has 1 saturated carbocycles. The molecule has 1 heterocycles. The van der Waals surface area contributed by atoms with Crippen molar-refractivity contribution < 1.29 is 9.90 Å². The fourth-order valence-electron chi connectivity index (χ4n) is 2.22. The number of thioether (sulfide) groups is 1. The van der Waals surface area contributed by atoms with Crippen molar-refractivity contribution in [1.82, 2.24) is 4.90 Å². The molecule has 1 aliphatic heterocycles. The zero-order valence-electron chi connectivity index (χ0n) is 9.02. The monoisotopic (exact) mass is 229 g/mol. The van der Waals surface area contributed by atoms with Gasteiger partial charge in [-0.25, -0.2) is 0 Å². The maximum absolute atomic E-state index is 11.7. The molecule has 15 heavy (non-hydrogen) atoms. The highest BCUT2D eigenvalue weighted by molar-refractivity contribution is 8.00. The van der Waals surface area contributed by atoms with E-state index in [-0.39, 0.29) is 12.5 Å². The molecule has 0 aromatic heterocycles. The summed E-state index contributed by atoms with van der Waals surface area (Å²) >= 11 is 1.82. The van der Waals surface area contributed by atoms with Crippen molar-refractivity contribution in [3.05, 3.63) is 0 Å². The van der Waals surface area contributed by atoms with E-state index < -0.39 is 0 Å². The van der Waals surface area contributed by atoms with Crippen LogP contribution in [0.2, 0.25) is 0 Å². The van der Waals surface area contributed by atoms with Gasteiger partial charge in [0.2, 0.25) is 5.91 Å². The SMILES string of the molecule is O=C(CSC1CCCC1)N1CC(CO)C1. The third kappa shape index (κ3) is 2.88. The molecule has 0 radical (unpaired) electrons. The second-order valence-electron chi connectivity index (χ2n) is 4.56. The lowest BCUT2D eigenvalue weighted by atomic mass is 10.0. The number of aliphatic hydroxyl groups is 1. The minimum absolute atomic E-state index is 0.222. The van der Waals surface area contributed by atoms with Crippen LogP contribution in [-0.4, -0.2) is 46.6 Å². The van der Waals surface area contributed by atoms with Gasteiger partial charge in [-0.15, -0.1) is 11.8 Å². The van der Waals surface area contributed by atoms with Crippen LogP contribution in [-0.2, 0) is 4.79 Å². The minimum atomic E-state index is 0.222. The average molecular weight is 229 g/mol. The molecule has 0 unspecified atom stereocenters. The number of hydrogen-bond acceptors (Lipinski definition) is 3. The summed E-state index contributed by atoms with van der Waals surface area (Å²) in [5, 5.41) is 9.57. The Morgan fingerprint density at radius 3 is 2.60 bits per heavy atom. The van der Waals surface area contributed by atoms with E-state index in [9.17, 15) is 4.79 Å². The van der Waals surface area contributed by atoms with Crippen molar-refractivity contribution in [3.63, 3.8) is 0 Å². The Balaban J connectivity index is 1.61. The van der Waals surface area contributed by atoms with E-state index in [0.717, 1.165) is 18.3 Å². The molecule has 1 saturated heterocycles. The molecule has 0 spiro atoms. The quantitative estimate of drug-likeness (QED) is 0.785. The van der Waals surface area contributed by atoms with Crippen molar-refractivity contribution >= 4 is 17.7 Å². The molecule has 2 aliphatic rings. The van der Waals surface area contributed by atoms with Gasteiger partial charge in [0.1, 0.15) is 0 Å². The third-order valence-corrected chi connectivity index (χ3v) is 4.67. The molecule has 1 amide bonds. The van der Waals surface area contributed by atoms with Gasteiger partial charge in [-0.05, 0) is 12.8 Å². The third-order valence-electron chi connectivity index (χ3n) is 3.31. The Morgan fingerprint density at radius 1 is 1.33 bits per heavy atom. The van der Waals surface area contributed by atoms with Crippen LogP contribution < -0.4 is 0 Å². The second kappa shape index (κ2) is 5.21. The summed E-state index contributed by atoms with van der Waals surface area (Å²) in [7, 11) is 0. The number of carbonyl (C=O) groups is 1. The Morgan fingerprint density at radius 2 is 2.00 bits per heavy atom. The van der Waals surface area contributed by atoms with E-state index in [1.165, 1.54) is 25.7 Å². The van der Waals surface area contributed by atoms with Crippen LogP contribution in [0.5, 0.6) is 0 Å². The van der Waals surface area contributed by atoms with Crippen LogP contribution >= 0.6 is 11.8 Å². The molecule has 2 fully saturated rings. The predicted molar refractivity (Wildman–Crippen MR) is 61.9 cm³/mol. The van der Waals surface area contributed by atoms with Gasteiger partial charge in [0.05, 0.1) is 5.75 Å². The summed E-state index contributed by atoms with van der Waals surface area (Å²) in [5.74, 6) is 1.24. The number of hydrogen-bond donors (Lipinski definition) is 1. The van der Waals surface area contributed by atoms with E-state index in [0.29, 0.717) is 11.7 Å². The molecule has 4 heteroatoms. The van der Waals surface area contributed by atoms with Gasteiger partial charge in [0.15, 0.2) is 0 Å². The van der Waals surface area contributed by atoms with Crippen LogP contribution in [0.3, 0.4) is 0 Å². The van der Waals surface area contributed by atoms with Crippen molar-refractivity contribution in [3.8, 4) is 0 Å². The number of amides is 1. The molecular formula is C11H19NO2S. The number of aliphatic hydroxyl groups excluding tert-OH is 1. The van der Waals surface area contributed by atoms with E-state index in [1.54, 1.807) is 0 Å². The van der Waals surface area contributed by atoms with Crippen molar-refractivity contribution in [2.75, 3.05) is 25.4 Å². The molecule has 0 aromatic carbocycles. The summed E-state index contributed by atoms with van der Waals surface area (Å²) in [6.45, 7) is 1.75. The normalized spacial score (nSPS) is 23.1. The first-order valence-electron chi connectivity index (χ1n) is 5.80. The molecule has 0 bridgehead atoms. The van der Waals surface area contributed by atoms with Crippen LogP contribution in [0.4, 0.5) is 0 Å². The first-order valence-corrected chi connectivity index (χ1v) is 6.84. The fourth-order valence-corrected chi connectivity index (χ4v) is 3.45. The lowest BCUT2D eigenvalue weighted by Crippen LogP contribution is -2.52. The van der Waals surface area contributed by atoms with E-state index in [2.05, 4.69) is 0 Å². The van der Waals surface area contributed by atoms with Gasteiger partial charge in [-0.1, -0.05) is 12.8 Å². The van der Waals surface area contributed by atoms with Gasteiger partial charge < -0.3 is 10.0 Å².